The number of nitrogens with one attached hydrogen (secondary N) is 1. The molecule has 0 radical (unpaired) electrons. The van der Waals surface area contributed by atoms with Gasteiger partial charge in [0.05, 0.1) is 7.11 Å². The average Bonchev–Trinajstić information content (AvgIpc) is 2.78. The molecule has 0 aliphatic carbocycles. The minimum atomic E-state index is -0.0256. The number of anilines is 1. The van der Waals surface area contributed by atoms with E-state index in [0.717, 1.165) is 54.1 Å². The molecule has 2 amide bonds. The van der Waals surface area contributed by atoms with E-state index in [0.29, 0.717) is 12.2 Å². The van der Waals surface area contributed by atoms with Crippen LogP contribution in [0.2, 0.25) is 0 Å². The minimum absolute atomic E-state index is 0.00846. The summed E-state index contributed by atoms with van der Waals surface area (Å²) in [4.78, 5) is 26.4. The van der Waals surface area contributed by atoms with E-state index in [9.17, 15) is 9.59 Å². The number of nitrogens with zero attached hydrogens (tertiary/aromatic N) is 1. The van der Waals surface area contributed by atoms with E-state index >= 15 is 0 Å². The largest absolute Gasteiger partial charge is 0.496 e. The molecule has 0 saturated carbocycles. The van der Waals surface area contributed by atoms with Crippen LogP contribution in [-0.4, -0.2) is 43.5 Å². The van der Waals surface area contributed by atoms with Crippen LogP contribution in [0.5, 0.6) is 11.5 Å². The molecule has 0 bridgehead atoms. The van der Waals surface area contributed by atoms with Gasteiger partial charge in [-0.2, -0.15) is 0 Å². The topological polar surface area (TPSA) is 67.9 Å². The van der Waals surface area contributed by atoms with Gasteiger partial charge in [0.2, 0.25) is 5.91 Å². The van der Waals surface area contributed by atoms with Gasteiger partial charge in [-0.1, -0.05) is 12.1 Å². The van der Waals surface area contributed by atoms with Crippen LogP contribution in [0.25, 0.3) is 0 Å². The Labute approximate surface area is 177 Å². The molecule has 30 heavy (non-hydrogen) atoms. The molecule has 6 nitrogen and oxygen atoms in total. The van der Waals surface area contributed by atoms with Crippen molar-refractivity contribution in [2.24, 2.45) is 0 Å². The summed E-state index contributed by atoms with van der Waals surface area (Å²) < 4.78 is 11.1. The van der Waals surface area contributed by atoms with Crippen molar-refractivity contribution in [1.82, 2.24) is 4.90 Å². The van der Waals surface area contributed by atoms with Crippen molar-refractivity contribution >= 4 is 17.5 Å². The molecular formula is C24H28N2O4. The summed E-state index contributed by atoms with van der Waals surface area (Å²) in [6, 6.07) is 11.7. The fourth-order valence-electron chi connectivity index (χ4n) is 4.30. The molecule has 1 N–H and O–H groups in total. The number of fused-ring (bicyclic) bond motifs is 1. The first-order chi connectivity index (χ1) is 14.5. The van der Waals surface area contributed by atoms with E-state index in [1.54, 1.807) is 7.11 Å². The van der Waals surface area contributed by atoms with E-state index in [1.165, 1.54) is 6.42 Å². The summed E-state index contributed by atoms with van der Waals surface area (Å²) in [6.07, 6.45) is 3.73. The first-order valence-corrected chi connectivity index (χ1v) is 10.5. The van der Waals surface area contributed by atoms with Crippen molar-refractivity contribution in [1.29, 1.82) is 0 Å². The van der Waals surface area contributed by atoms with Crippen molar-refractivity contribution in [3.8, 4) is 11.5 Å². The molecule has 2 aliphatic heterocycles. The van der Waals surface area contributed by atoms with Crippen LogP contribution in [0.1, 0.15) is 48.3 Å². The number of rotatable bonds is 5. The molecule has 158 valence electrons. The van der Waals surface area contributed by atoms with Crippen LogP contribution < -0.4 is 14.8 Å². The van der Waals surface area contributed by atoms with Gasteiger partial charge < -0.3 is 19.7 Å². The summed E-state index contributed by atoms with van der Waals surface area (Å²) in [7, 11) is 1.63. The van der Waals surface area contributed by atoms with Crippen LogP contribution in [0, 0.1) is 6.92 Å². The highest BCUT2D eigenvalue weighted by molar-refractivity contribution is 5.95. The second kappa shape index (κ2) is 8.78. The van der Waals surface area contributed by atoms with Crippen LogP contribution >= 0.6 is 0 Å². The molecule has 6 heteroatoms. The van der Waals surface area contributed by atoms with Gasteiger partial charge in [-0.05, 0) is 61.1 Å². The Morgan fingerprint density at radius 2 is 1.87 bits per heavy atom. The maximum absolute atomic E-state index is 12.3. The normalized spacial score (nSPS) is 18.4. The van der Waals surface area contributed by atoms with Crippen LogP contribution in [0.15, 0.2) is 36.4 Å². The van der Waals surface area contributed by atoms with E-state index in [2.05, 4.69) is 11.4 Å². The molecule has 4 rings (SSSR count). The number of hydrogen-bond donors (Lipinski definition) is 1. The summed E-state index contributed by atoms with van der Waals surface area (Å²) in [5, 5.41) is 2.95. The molecule has 2 heterocycles. The highest BCUT2D eigenvalue weighted by atomic mass is 16.5. The van der Waals surface area contributed by atoms with Crippen LogP contribution in [0.3, 0.4) is 0 Å². The van der Waals surface area contributed by atoms with Crippen molar-refractivity contribution in [3.63, 3.8) is 0 Å². The van der Waals surface area contributed by atoms with E-state index in [4.69, 9.17) is 9.47 Å². The Kier molecular flexibility index (Phi) is 5.93. The summed E-state index contributed by atoms with van der Waals surface area (Å²) >= 11 is 0. The van der Waals surface area contributed by atoms with Crippen LogP contribution in [-0.2, 0) is 9.59 Å². The van der Waals surface area contributed by atoms with Gasteiger partial charge in [-0.15, -0.1) is 0 Å². The SMILES string of the molecule is COc1cc2c(cc1C)C(c1ccc(OCC(=O)N3CCCCC3)cc1)CC(=O)N2. The third-order valence-electron chi connectivity index (χ3n) is 5.96. The highest BCUT2D eigenvalue weighted by Crippen LogP contribution is 2.40. The second-order valence-electron chi connectivity index (χ2n) is 8.01. The van der Waals surface area contributed by atoms with Crippen molar-refractivity contribution in [2.75, 3.05) is 32.1 Å². The Balaban J connectivity index is 1.47. The lowest BCUT2D eigenvalue weighted by atomic mass is 9.84. The van der Waals surface area contributed by atoms with Gasteiger partial charge in [-0.25, -0.2) is 0 Å². The molecule has 2 aromatic carbocycles. The lowest BCUT2D eigenvalue weighted by Gasteiger charge is -2.27. The second-order valence-corrected chi connectivity index (χ2v) is 8.01. The Hall–Kier alpha value is -3.02. The lowest BCUT2D eigenvalue weighted by molar-refractivity contribution is -0.134. The van der Waals surface area contributed by atoms with Crippen molar-refractivity contribution in [2.45, 2.75) is 38.5 Å². The van der Waals surface area contributed by atoms with Gasteiger partial charge in [0.25, 0.3) is 5.91 Å². The number of benzene rings is 2. The Morgan fingerprint density at radius 1 is 1.13 bits per heavy atom. The van der Waals surface area contributed by atoms with Gasteiger partial charge in [-0.3, -0.25) is 9.59 Å². The predicted molar refractivity (Wildman–Crippen MR) is 115 cm³/mol. The maximum atomic E-state index is 12.3. The standard InChI is InChI=1S/C24H28N2O4/c1-16-12-20-19(13-23(27)25-21(20)14-22(16)29-2)17-6-8-18(9-7-17)30-15-24(28)26-10-4-3-5-11-26/h6-9,12,14,19H,3-5,10-11,13,15H2,1-2H3,(H,25,27). The van der Waals surface area contributed by atoms with Crippen molar-refractivity contribution < 1.29 is 19.1 Å². The third-order valence-corrected chi connectivity index (χ3v) is 5.96. The number of aryl methyl sites for hydroxylation is 1. The number of hydrogen-bond acceptors (Lipinski definition) is 4. The smallest absolute Gasteiger partial charge is 0.260 e. The Morgan fingerprint density at radius 3 is 2.57 bits per heavy atom. The minimum Gasteiger partial charge on any atom is -0.496 e. The molecule has 1 fully saturated rings. The molecule has 2 aromatic rings. The fraction of sp³-hybridized carbons (Fsp3) is 0.417. The average molecular weight is 408 g/mol. The van der Waals surface area contributed by atoms with Crippen LogP contribution in [0.4, 0.5) is 5.69 Å². The van der Waals surface area contributed by atoms with Gasteiger partial charge in [0.15, 0.2) is 6.61 Å². The Bertz CT molecular complexity index is 933. The highest BCUT2D eigenvalue weighted by Gasteiger charge is 2.27. The molecular weight excluding hydrogens is 380 g/mol. The first-order valence-electron chi connectivity index (χ1n) is 10.5. The number of ether oxygens (including phenoxy) is 2. The van der Waals surface area contributed by atoms with E-state index in [-0.39, 0.29) is 24.3 Å². The fourth-order valence-corrected chi connectivity index (χ4v) is 4.30. The summed E-state index contributed by atoms with van der Waals surface area (Å²) in [6.45, 7) is 3.72. The van der Waals surface area contributed by atoms with Gasteiger partial charge in [0, 0.05) is 37.2 Å². The quantitative estimate of drug-likeness (QED) is 0.816. The molecule has 0 aromatic heterocycles. The molecule has 0 spiro atoms. The molecule has 1 atom stereocenters. The van der Waals surface area contributed by atoms with Gasteiger partial charge in [0.1, 0.15) is 11.5 Å². The zero-order valence-electron chi connectivity index (χ0n) is 17.6. The van der Waals surface area contributed by atoms with E-state index < -0.39 is 0 Å². The number of carbonyl (C=O) groups excluding carboxylic acids is 2. The molecule has 2 aliphatic rings. The zero-order chi connectivity index (χ0) is 21.1. The van der Waals surface area contributed by atoms with Gasteiger partial charge >= 0.3 is 0 Å². The number of carbonyl (C=O) groups is 2. The monoisotopic (exact) mass is 408 g/mol. The van der Waals surface area contributed by atoms with E-state index in [1.807, 2.05) is 42.2 Å². The summed E-state index contributed by atoms with van der Waals surface area (Å²) in [5.74, 6) is 1.43. The number of piperidine rings is 1. The number of amides is 2. The zero-order valence-corrected chi connectivity index (χ0v) is 17.6. The first kappa shape index (κ1) is 20.3. The molecule has 1 saturated heterocycles. The number of methoxy groups -OCH3 is 1. The van der Waals surface area contributed by atoms with Crippen molar-refractivity contribution in [3.05, 3.63) is 53.1 Å². The number of likely N-dealkylation sites (tertiary alicyclic amines) is 1. The lowest BCUT2D eigenvalue weighted by Crippen LogP contribution is -2.38. The maximum Gasteiger partial charge on any atom is 0.260 e. The predicted octanol–water partition coefficient (Wildman–Crippen LogP) is 3.87. The summed E-state index contributed by atoms with van der Waals surface area (Å²) in [5.41, 5.74) is 3.96. The third kappa shape index (κ3) is 4.27. The molecule has 1 unspecified atom stereocenters.